The van der Waals surface area contributed by atoms with E-state index in [9.17, 15) is 4.39 Å². The van der Waals surface area contributed by atoms with Crippen LogP contribution in [0.15, 0.2) is 22.7 Å². The van der Waals surface area contributed by atoms with E-state index < -0.39 is 0 Å². The zero-order valence-electron chi connectivity index (χ0n) is 9.69. The van der Waals surface area contributed by atoms with Gasteiger partial charge >= 0.3 is 0 Å². The van der Waals surface area contributed by atoms with Gasteiger partial charge in [-0.25, -0.2) is 4.39 Å². The van der Waals surface area contributed by atoms with E-state index in [2.05, 4.69) is 28.2 Å². The first-order valence-corrected chi connectivity index (χ1v) is 6.48. The molecule has 0 spiro atoms. The summed E-state index contributed by atoms with van der Waals surface area (Å²) in [5.74, 6) is -0.0936. The molecule has 1 aromatic rings. The third-order valence-corrected chi connectivity index (χ3v) is 4.29. The molecule has 0 radical (unpaired) electrons. The summed E-state index contributed by atoms with van der Waals surface area (Å²) in [6.45, 7) is 2.18. The second kappa shape index (κ2) is 4.46. The maximum absolute atomic E-state index is 13.7. The van der Waals surface area contributed by atoms with Gasteiger partial charge in [-0.15, -0.1) is 0 Å². The quantitative estimate of drug-likeness (QED) is 0.893. The Bertz CT molecular complexity index is 388. The van der Waals surface area contributed by atoms with Gasteiger partial charge in [0, 0.05) is 10.5 Å². The van der Waals surface area contributed by atoms with Gasteiger partial charge in [0.05, 0.1) is 0 Å². The van der Waals surface area contributed by atoms with Crippen molar-refractivity contribution in [1.29, 1.82) is 0 Å². The smallest absolute Gasteiger partial charge is 0.127 e. The molecular weight excluding hydrogens is 269 g/mol. The highest BCUT2D eigenvalue weighted by atomic mass is 79.9. The Kier molecular flexibility index (Phi) is 3.36. The monoisotopic (exact) mass is 285 g/mol. The van der Waals surface area contributed by atoms with Crippen LogP contribution in [0.2, 0.25) is 0 Å². The van der Waals surface area contributed by atoms with Crippen molar-refractivity contribution in [2.45, 2.75) is 32.2 Å². The third kappa shape index (κ3) is 2.30. The number of benzene rings is 1. The average Bonchev–Trinajstić information content (AvgIpc) is 3.02. The van der Waals surface area contributed by atoms with Crippen LogP contribution in [0.3, 0.4) is 0 Å². The molecule has 0 heterocycles. The number of hydrogen-bond donors (Lipinski definition) is 1. The highest BCUT2D eigenvalue weighted by Gasteiger charge is 2.46. The molecule has 1 atom stereocenters. The normalized spacial score (nSPS) is 19.5. The summed E-state index contributed by atoms with van der Waals surface area (Å²) >= 11 is 3.28. The number of rotatable bonds is 4. The first-order valence-electron chi connectivity index (χ1n) is 5.68. The molecule has 88 valence electrons. The van der Waals surface area contributed by atoms with E-state index in [1.54, 1.807) is 6.07 Å². The van der Waals surface area contributed by atoms with Crippen molar-refractivity contribution < 1.29 is 4.39 Å². The van der Waals surface area contributed by atoms with Crippen molar-refractivity contribution >= 4 is 15.9 Å². The molecular formula is C13H17BrFN. The van der Waals surface area contributed by atoms with Crippen molar-refractivity contribution in [1.82, 2.24) is 5.32 Å². The first-order chi connectivity index (χ1) is 7.57. The van der Waals surface area contributed by atoms with Gasteiger partial charge < -0.3 is 5.32 Å². The minimum Gasteiger partial charge on any atom is -0.317 e. The van der Waals surface area contributed by atoms with Crippen LogP contribution in [0.5, 0.6) is 0 Å². The lowest BCUT2D eigenvalue weighted by atomic mass is 9.90. The van der Waals surface area contributed by atoms with Crippen molar-refractivity contribution in [3.8, 4) is 0 Å². The summed E-state index contributed by atoms with van der Waals surface area (Å²) in [5, 5.41) is 3.29. The predicted octanol–water partition coefficient (Wildman–Crippen LogP) is 3.52. The second-order valence-electron chi connectivity index (χ2n) is 4.79. The fraction of sp³-hybridized carbons (Fsp3) is 0.538. The van der Waals surface area contributed by atoms with Gasteiger partial charge in [0.15, 0.2) is 0 Å². The summed E-state index contributed by atoms with van der Waals surface area (Å²) < 4.78 is 14.5. The zero-order chi connectivity index (χ0) is 11.8. The maximum Gasteiger partial charge on any atom is 0.127 e. The van der Waals surface area contributed by atoms with Crippen molar-refractivity contribution in [2.24, 2.45) is 5.41 Å². The molecule has 1 unspecified atom stereocenters. The predicted molar refractivity (Wildman–Crippen MR) is 68.0 cm³/mol. The van der Waals surface area contributed by atoms with Crippen LogP contribution in [0.1, 0.15) is 25.3 Å². The van der Waals surface area contributed by atoms with Gasteiger partial charge in [0.2, 0.25) is 0 Å². The highest BCUT2D eigenvalue weighted by molar-refractivity contribution is 9.10. The van der Waals surface area contributed by atoms with Gasteiger partial charge in [-0.1, -0.05) is 22.0 Å². The van der Waals surface area contributed by atoms with Gasteiger partial charge in [0.1, 0.15) is 5.82 Å². The standard InChI is InChI=1S/C13H17BrFN/c1-9(16-2)13(5-6-13)8-10-3-4-11(14)7-12(10)15/h3-4,7,9,16H,5-6,8H2,1-2H3. The van der Waals surface area contributed by atoms with Crippen LogP contribution in [-0.4, -0.2) is 13.1 Å². The molecule has 1 N–H and O–H groups in total. The lowest BCUT2D eigenvalue weighted by molar-refractivity contribution is 0.364. The largest absolute Gasteiger partial charge is 0.317 e. The van der Waals surface area contributed by atoms with Crippen LogP contribution in [0, 0.1) is 11.2 Å². The maximum atomic E-state index is 13.7. The van der Waals surface area contributed by atoms with E-state index in [4.69, 9.17) is 0 Å². The summed E-state index contributed by atoms with van der Waals surface area (Å²) in [4.78, 5) is 0. The Morgan fingerprint density at radius 2 is 2.19 bits per heavy atom. The summed E-state index contributed by atoms with van der Waals surface area (Å²) in [6.07, 6.45) is 3.24. The lowest BCUT2D eigenvalue weighted by Gasteiger charge is -2.23. The van der Waals surface area contributed by atoms with Crippen LogP contribution >= 0.6 is 15.9 Å². The van der Waals surface area contributed by atoms with Crippen LogP contribution in [0.25, 0.3) is 0 Å². The van der Waals surface area contributed by atoms with E-state index in [0.717, 1.165) is 16.5 Å². The molecule has 0 aliphatic heterocycles. The van der Waals surface area contributed by atoms with Gasteiger partial charge in [-0.05, 0) is 56.3 Å². The number of nitrogens with one attached hydrogen (secondary N) is 1. The van der Waals surface area contributed by atoms with Crippen molar-refractivity contribution in [3.63, 3.8) is 0 Å². The SMILES string of the molecule is CNC(C)C1(Cc2ccc(Br)cc2F)CC1. The molecule has 1 saturated carbocycles. The van der Waals surface area contributed by atoms with Gasteiger partial charge in [0.25, 0.3) is 0 Å². The summed E-state index contributed by atoms with van der Waals surface area (Å²) in [5.41, 5.74) is 1.12. The Labute approximate surface area is 105 Å². The van der Waals surface area contributed by atoms with Crippen LogP contribution < -0.4 is 5.32 Å². The van der Waals surface area contributed by atoms with E-state index in [1.807, 2.05) is 19.2 Å². The minimum atomic E-state index is -0.0936. The summed E-state index contributed by atoms with van der Waals surface area (Å²) in [7, 11) is 1.97. The van der Waals surface area contributed by atoms with E-state index >= 15 is 0 Å². The molecule has 1 nitrogen and oxygen atoms in total. The molecule has 1 aromatic carbocycles. The van der Waals surface area contributed by atoms with Crippen LogP contribution in [-0.2, 0) is 6.42 Å². The fourth-order valence-electron chi connectivity index (χ4n) is 2.27. The molecule has 1 aliphatic carbocycles. The molecule has 16 heavy (non-hydrogen) atoms. The molecule has 0 saturated heterocycles. The zero-order valence-corrected chi connectivity index (χ0v) is 11.3. The third-order valence-electron chi connectivity index (χ3n) is 3.80. The molecule has 1 aliphatic rings. The Morgan fingerprint density at radius 3 is 2.69 bits per heavy atom. The highest BCUT2D eigenvalue weighted by Crippen LogP contribution is 2.51. The van der Waals surface area contributed by atoms with Gasteiger partial charge in [-0.2, -0.15) is 0 Å². The van der Waals surface area contributed by atoms with Crippen molar-refractivity contribution in [2.75, 3.05) is 7.05 Å². The molecule has 0 aromatic heterocycles. The Morgan fingerprint density at radius 1 is 1.50 bits per heavy atom. The topological polar surface area (TPSA) is 12.0 Å². The molecule has 0 amide bonds. The fourth-order valence-corrected chi connectivity index (χ4v) is 2.61. The summed E-state index contributed by atoms with van der Waals surface area (Å²) in [6, 6.07) is 5.81. The van der Waals surface area contributed by atoms with Crippen LogP contribution in [0.4, 0.5) is 4.39 Å². The Hall–Kier alpha value is -0.410. The number of halogens is 2. The Balaban J connectivity index is 2.15. The number of hydrogen-bond acceptors (Lipinski definition) is 1. The van der Waals surface area contributed by atoms with E-state index in [1.165, 1.54) is 12.8 Å². The van der Waals surface area contributed by atoms with E-state index in [0.29, 0.717) is 6.04 Å². The molecule has 2 rings (SSSR count). The lowest BCUT2D eigenvalue weighted by Crippen LogP contribution is -2.33. The second-order valence-corrected chi connectivity index (χ2v) is 5.70. The minimum absolute atomic E-state index is 0.0936. The van der Waals surface area contributed by atoms with E-state index in [-0.39, 0.29) is 11.2 Å². The molecule has 1 fully saturated rings. The molecule has 3 heteroatoms. The average molecular weight is 286 g/mol. The van der Waals surface area contributed by atoms with Crippen molar-refractivity contribution in [3.05, 3.63) is 34.1 Å². The molecule has 0 bridgehead atoms. The first kappa shape index (κ1) is 12.1. The van der Waals surface area contributed by atoms with Gasteiger partial charge in [-0.3, -0.25) is 0 Å².